The fourth-order valence-electron chi connectivity index (χ4n) is 7.57. The van der Waals surface area contributed by atoms with Gasteiger partial charge in [0.25, 0.3) is 0 Å². The molecule has 0 unspecified atom stereocenters. The summed E-state index contributed by atoms with van der Waals surface area (Å²) in [5.74, 6) is 1.42. The summed E-state index contributed by atoms with van der Waals surface area (Å²) in [4.78, 5) is 17.0. The molecule has 0 amide bonds. The van der Waals surface area contributed by atoms with E-state index in [1.54, 1.807) is 6.07 Å². The lowest BCUT2D eigenvalue weighted by atomic mass is 9.81. The number of hydrogen-bond acceptors (Lipinski definition) is 4. The Bertz CT molecular complexity index is 1350. The molecule has 3 aliphatic rings. The van der Waals surface area contributed by atoms with Crippen LogP contribution in [0.2, 0.25) is 0 Å². The first-order valence-corrected chi connectivity index (χ1v) is 15.7. The molecule has 1 N–H and O–H groups in total. The molecule has 2 fully saturated rings. The molecule has 214 valence electrons. The van der Waals surface area contributed by atoms with Crippen LogP contribution < -0.4 is 9.64 Å². The molecular formula is C34H45N3O3. The van der Waals surface area contributed by atoms with Gasteiger partial charge in [-0.2, -0.15) is 0 Å². The minimum Gasteiger partial charge on any atom is -0.489 e. The molecule has 0 spiro atoms. The molecule has 1 saturated heterocycles. The summed E-state index contributed by atoms with van der Waals surface area (Å²) in [5, 5.41) is 11.0. The van der Waals surface area contributed by atoms with Gasteiger partial charge in [-0.15, -0.1) is 0 Å². The van der Waals surface area contributed by atoms with E-state index in [4.69, 9.17) is 4.74 Å². The van der Waals surface area contributed by atoms with Gasteiger partial charge in [-0.3, -0.25) is 0 Å². The number of carboxylic acids is 1. The molecule has 3 aromatic rings. The van der Waals surface area contributed by atoms with Gasteiger partial charge in [0, 0.05) is 29.6 Å². The summed E-state index contributed by atoms with van der Waals surface area (Å²) >= 11 is 0. The third-order valence-electron chi connectivity index (χ3n) is 9.86. The van der Waals surface area contributed by atoms with Gasteiger partial charge in [-0.25, -0.2) is 4.79 Å². The normalized spacial score (nSPS) is 18.6. The molecule has 2 aliphatic heterocycles. The van der Waals surface area contributed by atoms with Crippen molar-refractivity contribution in [3.05, 3.63) is 47.5 Å². The number of anilines is 1. The predicted molar refractivity (Wildman–Crippen MR) is 163 cm³/mol. The first-order chi connectivity index (χ1) is 19.6. The number of fused-ring (bicyclic) bond motifs is 5. The van der Waals surface area contributed by atoms with E-state index in [1.807, 2.05) is 6.07 Å². The predicted octanol–water partition coefficient (Wildman–Crippen LogP) is 7.39. The van der Waals surface area contributed by atoms with Crippen molar-refractivity contribution in [1.82, 2.24) is 9.47 Å². The molecule has 1 aromatic heterocycles. The van der Waals surface area contributed by atoms with Crippen LogP contribution in [0.5, 0.6) is 5.75 Å². The first kappa shape index (κ1) is 27.2. The van der Waals surface area contributed by atoms with Crippen LogP contribution in [0.25, 0.3) is 22.2 Å². The Morgan fingerprint density at radius 3 is 2.55 bits per heavy atom. The standard InChI is InChI=1S/C34H45N3O3/c1-3-35-18-15-24(16-19-35)17-20-36(4-2)29-12-8-11-28-32-31(25-9-6-5-7-10-25)27-14-13-26(34(38)39)23-30(27)37(32)21-22-40-33(28)29/h8,11-14,23-25H,3-7,9-10,15-22H2,1-2H3,(H,38,39). The highest BCUT2D eigenvalue weighted by Gasteiger charge is 2.31. The van der Waals surface area contributed by atoms with E-state index in [1.165, 1.54) is 98.9 Å². The number of para-hydroxylation sites is 1. The number of piperidine rings is 1. The number of likely N-dealkylation sites (tertiary alicyclic amines) is 1. The molecular weight excluding hydrogens is 498 g/mol. The molecule has 0 atom stereocenters. The second-order valence-corrected chi connectivity index (χ2v) is 12.0. The third-order valence-corrected chi connectivity index (χ3v) is 9.86. The topological polar surface area (TPSA) is 57.9 Å². The van der Waals surface area contributed by atoms with Crippen molar-refractivity contribution in [2.75, 3.05) is 44.2 Å². The third kappa shape index (κ3) is 5.11. The molecule has 3 heterocycles. The van der Waals surface area contributed by atoms with E-state index in [-0.39, 0.29) is 0 Å². The van der Waals surface area contributed by atoms with Crippen molar-refractivity contribution < 1.29 is 14.6 Å². The maximum Gasteiger partial charge on any atom is 0.335 e. The van der Waals surface area contributed by atoms with Crippen molar-refractivity contribution >= 4 is 22.6 Å². The minimum absolute atomic E-state index is 0.351. The average molecular weight is 544 g/mol. The lowest BCUT2D eigenvalue weighted by Gasteiger charge is -2.33. The molecule has 0 radical (unpaired) electrons. The summed E-state index contributed by atoms with van der Waals surface area (Å²) in [7, 11) is 0. The maximum atomic E-state index is 11.9. The SMILES string of the molecule is CCN1CCC(CCN(CC)c2cccc3c2OCCn2c-3c(C3CCCCC3)c3ccc(C(=O)O)cc32)CC1. The summed E-state index contributed by atoms with van der Waals surface area (Å²) < 4.78 is 8.97. The molecule has 6 rings (SSSR count). The molecule has 6 nitrogen and oxygen atoms in total. The van der Waals surface area contributed by atoms with E-state index >= 15 is 0 Å². The zero-order valence-electron chi connectivity index (χ0n) is 24.3. The average Bonchev–Trinajstić information content (AvgIpc) is 3.19. The summed E-state index contributed by atoms with van der Waals surface area (Å²) in [5.41, 5.74) is 6.40. The van der Waals surface area contributed by atoms with Crippen LogP contribution in [0.4, 0.5) is 5.69 Å². The largest absolute Gasteiger partial charge is 0.489 e. The summed E-state index contributed by atoms with van der Waals surface area (Å²) in [6, 6.07) is 12.4. The van der Waals surface area contributed by atoms with Gasteiger partial charge in [0.05, 0.1) is 23.5 Å². The number of rotatable bonds is 8. The second-order valence-electron chi connectivity index (χ2n) is 12.0. The molecule has 2 aromatic carbocycles. The van der Waals surface area contributed by atoms with Crippen LogP contribution in [0.3, 0.4) is 0 Å². The molecule has 1 aliphatic carbocycles. The Morgan fingerprint density at radius 1 is 1.02 bits per heavy atom. The van der Waals surface area contributed by atoms with E-state index in [0.29, 0.717) is 18.1 Å². The molecule has 40 heavy (non-hydrogen) atoms. The number of carbonyl (C=O) groups is 1. The highest BCUT2D eigenvalue weighted by atomic mass is 16.5. The van der Waals surface area contributed by atoms with E-state index < -0.39 is 5.97 Å². The van der Waals surface area contributed by atoms with Crippen LogP contribution in [-0.2, 0) is 6.54 Å². The maximum absolute atomic E-state index is 11.9. The van der Waals surface area contributed by atoms with Gasteiger partial charge in [0.2, 0.25) is 0 Å². The van der Waals surface area contributed by atoms with Gasteiger partial charge < -0.3 is 24.2 Å². The quantitative estimate of drug-likeness (QED) is 0.321. The van der Waals surface area contributed by atoms with Crippen LogP contribution in [0.15, 0.2) is 36.4 Å². The highest BCUT2D eigenvalue weighted by Crippen LogP contribution is 2.49. The number of ether oxygens (including phenoxy) is 1. The fraction of sp³-hybridized carbons (Fsp3) is 0.559. The summed E-state index contributed by atoms with van der Waals surface area (Å²) in [6.07, 6.45) is 10.0. The van der Waals surface area contributed by atoms with Crippen molar-refractivity contribution in [1.29, 1.82) is 0 Å². The fourth-order valence-corrected chi connectivity index (χ4v) is 7.57. The Labute approximate surface area is 238 Å². The van der Waals surface area contributed by atoms with Crippen LogP contribution >= 0.6 is 0 Å². The number of aromatic nitrogens is 1. The van der Waals surface area contributed by atoms with Crippen molar-refractivity contribution in [2.45, 2.75) is 77.7 Å². The van der Waals surface area contributed by atoms with E-state index in [9.17, 15) is 9.90 Å². The first-order valence-electron chi connectivity index (χ1n) is 15.7. The van der Waals surface area contributed by atoms with Crippen LogP contribution in [0, 0.1) is 5.92 Å². The molecule has 1 saturated carbocycles. The second kappa shape index (κ2) is 11.9. The van der Waals surface area contributed by atoms with Gasteiger partial charge in [-0.05, 0) is 100 Å². The Hall–Kier alpha value is -2.99. The van der Waals surface area contributed by atoms with E-state index in [0.717, 1.165) is 36.8 Å². The van der Waals surface area contributed by atoms with Crippen molar-refractivity contribution in [2.24, 2.45) is 5.92 Å². The Balaban J connectivity index is 1.40. The lowest BCUT2D eigenvalue weighted by Crippen LogP contribution is -2.35. The number of aromatic carboxylic acids is 1. The van der Waals surface area contributed by atoms with Gasteiger partial charge in [0.1, 0.15) is 6.61 Å². The van der Waals surface area contributed by atoms with E-state index in [2.05, 4.69) is 52.5 Å². The lowest BCUT2D eigenvalue weighted by molar-refractivity contribution is 0.0697. The van der Waals surface area contributed by atoms with Gasteiger partial charge in [0.15, 0.2) is 5.75 Å². The molecule has 0 bridgehead atoms. The zero-order chi connectivity index (χ0) is 27.6. The monoisotopic (exact) mass is 543 g/mol. The Kier molecular flexibility index (Phi) is 8.06. The molecule has 6 heteroatoms. The number of carboxylic acid groups (broad SMARTS) is 1. The van der Waals surface area contributed by atoms with Crippen molar-refractivity contribution in [3.63, 3.8) is 0 Å². The Morgan fingerprint density at radius 2 is 1.82 bits per heavy atom. The minimum atomic E-state index is -0.872. The van der Waals surface area contributed by atoms with Crippen LogP contribution in [-0.4, -0.2) is 59.9 Å². The highest BCUT2D eigenvalue weighted by molar-refractivity contribution is 5.99. The summed E-state index contributed by atoms with van der Waals surface area (Å²) in [6.45, 7) is 11.5. The van der Waals surface area contributed by atoms with Crippen molar-refractivity contribution in [3.8, 4) is 17.0 Å². The number of benzene rings is 2. The zero-order valence-corrected chi connectivity index (χ0v) is 24.3. The van der Waals surface area contributed by atoms with Gasteiger partial charge in [-0.1, -0.05) is 38.3 Å². The smallest absolute Gasteiger partial charge is 0.335 e. The van der Waals surface area contributed by atoms with Gasteiger partial charge >= 0.3 is 5.97 Å². The van der Waals surface area contributed by atoms with Crippen LogP contribution in [0.1, 0.15) is 87.1 Å². The number of nitrogens with zero attached hydrogens (tertiary/aromatic N) is 3. The number of hydrogen-bond donors (Lipinski definition) is 1.